The number of alkyl halides is 1. The van der Waals surface area contributed by atoms with E-state index in [1.54, 1.807) is 7.11 Å². The van der Waals surface area contributed by atoms with Gasteiger partial charge in [0.15, 0.2) is 0 Å². The molecule has 1 aromatic rings. The van der Waals surface area contributed by atoms with Crippen LogP contribution in [0.1, 0.15) is 19.4 Å². The van der Waals surface area contributed by atoms with Crippen molar-refractivity contribution < 1.29 is 9.47 Å². The summed E-state index contributed by atoms with van der Waals surface area (Å²) in [6, 6.07) is 8.20. The third kappa shape index (κ3) is 4.10. The van der Waals surface area contributed by atoms with Crippen LogP contribution in [-0.4, -0.2) is 42.7 Å². The molecule has 0 bridgehead atoms. The van der Waals surface area contributed by atoms with E-state index in [2.05, 4.69) is 30.9 Å². The second kappa shape index (κ2) is 6.12. The van der Waals surface area contributed by atoms with E-state index in [-0.39, 0.29) is 11.7 Å². The van der Waals surface area contributed by atoms with Crippen molar-refractivity contribution in [3.05, 3.63) is 29.8 Å². The molecule has 4 heteroatoms. The first-order valence-corrected chi connectivity index (χ1v) is 7.15. The second-order valence-electron chi connectivity index (χ2n) is 5.68. The highest BCUT2D eigenvalue weighted by Gasteiger charge is 2.32. The smallest absolute Gasteiger partial charge is 0.119 e. The van der Waals surface area contributed by atoms with E-state index >= 15 is 0 Å². The number of nitrogens with zero attached hydrogens (tertiary/aromatic N) is 1. The van der Waals surface area contributed by atoms with E-state index in [0.29, 0.717) is 5.88 Å². The van der Waals surface area contributed by atoms with Gasteiger partial charge in [0.05, 0.1) is 18.8 Å². The van der Waals surface area contributed by atoms with Crippen LogP contribution in [0.2, 0.25) is 0 Å². The Kier molecular flexibility index (Phi) is 4.71. The van der Waals surface area contributed by atoms with Crippen molar-refractivity contribution in [3.8, 4) is 5.75 Å². The monoisotopic (exact) mass is 283 g/mol. The SMILES string of the molecule is COc1cccc(CN2CC(CCl)OC(C)(C)C2)c1. The number of hydrogen-bond donors (Lipinski definition) is 0. The van der Waals surface area contributed by atoms with Crippen LogP contribution in [0.5, 0.6) is 5.75 Å². The molecule has 1 fully saturated rings. The molecule has 19 heavy (non-hydrogen) atoms. The van der Waals surface area contributed by atoms with E-state index in [0.717, 1.165) is 25.4 Å². The van der Waals surface area contributed by atoms with Gasteiger partial charge in [-0.1, -0.05) is 12.1 Å². The Morgan fingerprint density at radius 2 is 2.26 bits per heavy atom. The molecule has 1 atom stereocenters. The van der Waals surface area contributed by atoms with Gasteiger partial charge in [0.2, 0.25) is 0 Å². The Morgan fingerprint density at radius 3 is 2.95 bits per heavy atom. The molecule has 0 saturated carbocycles. The zero-order valence-corrected chi connectivity index (χ0v) is 12.6. The van der Waals surface area contributed by atoms with E-state index in [4.69, 9.17) is 21.1 Å². The Morgan fingerprint density at radius 1 is 1.47 bits per heavy atom. The van der Waals surface area contributed by atoms with E-state index in [1.807, 2.05) is 12.1 Å². The minimum atomic E-state index is -0.142. The number of ether oxygens (including phenoxy) is 2. The fraction of sp³-hybridized carbons (Fsp3) is 0.600. The summed E-state index contributed by atoms with van der Waals surface area (Å²) in [6.45, 7) is 6.92. The summed E-state index contributed by atoms with van der Waals surface area (Å²) in [4.78, 5) is 2.39. The van der Waals surface area contributed by atoms with Crippen molar-refractivity contribution in [2.45, 2.75) is 32.1 Å². The van der Waals surface area contributed by atoms with Gasteiger partial charge >= 0.3 is 0 Å². The first kappa shape index (κ1) is 14.6. The molecule has 0 radical (unpaired) electrons. The maximum Gasteiger partial charge on any atom is 0.119 e. The van der Waals surface area contributed by atoms with Gasteiger partial charge in [-0.15, -0.1) is 11.6 Å². The first-order chi connectivity index (χ1) is 9.02. The van der Waals surface area contributed by atoms with Gasteiger partial charge in [-0.2, -0.15) is 0 Å². The molecule has 0 spiro atoms. The summed E-state index contributed by atoms with van der Waals surface area (Å²) in [5.74, 6) is 1.44. The Balaban J connectivity index is 2.04. The molecule has 0 aliphatic carbocycles. The normalized spacial score (nSPS) is 23.3. The van der Waals surface area contributed by atoms with Crippen molar-refractivity contribution in [1.82, 2.24) is 4.90 Å². The quantitative estimate of drug-likeness (QED) is 0.793. The molecular formula is C15H22ClNO2. The minimum absolute atomic E-state index is 0.107. The molecule has 106 valence electrons. The molecule has 1 saturated heterocycles. The predicted molar refractivity (Wildman–Crippen MR) is 77.9 cm³/mol. The Bertz CT molecular complexity index is 422. The van der Waals surface area contributed by atoms with E-state index < -0.39 is 0 Å². The molecule has 3 nitrogen and oxygen atoms in total. The lowest BCUT2D eigenvalue weighted by Crippen LogP contribution is -2.52. The molecule has 1 aliphatic heterocycles. The van der Waals surface area contributed by atoms with Crippen LogP contribution in [0.3, 0.4) is 0 Å². The zero-order valence-electron chi connectivity index (χ0n) is 11.9. The van der Waals surface area contributed by atoms with Gasteiger partial charge in [-0.3, -0.25) is 4.90 Å². The summed E-state index contributed by atoms with van der Waals surface area (Å²) in [5, 5.41) is 0. The zero-order chi connectivity index (χ0) is 13.9. The molecule has 0 amide bonds. The lowest BCUT2D eigenvalue weighted by atomic mass is 10.0. The summed E-state index contributed by atoms with van der Waals surface area (Å²) >= 11 is 5.95. The van der Waals surface area contributed by atoms with Crippen molar-refractivity contribution in [1.29, 1.82) is 0 Å². The highest BCUT2D eigenvalue weighted by atomic mass is 35.5. The predicted octanol–water partition coefficient (Wildman–Crippen LogP) is 2.91. The maximum atomic E-state index is 5.95. The van der Waals surface area contributed by atoms with Gasteiger partial charge < -0.3 is 9.47 Å². The third-order valence-corrected chi connectivity index (χ3v) is 3.61. The van der Waals surface area contributed by atoms with Gasteiger partial charge in [0.25, 0.3) is 0 Å². The average Bonchev–Trinajstić information content (AvgIpc) is 2.37. The van der Waals surface area contributed by atoms with Crippen LogP contribution in [0, 0.1) is 0 Å². The Labute approximate surface area is 120 Å². The molecule has 1 heterocycles. The maximum absolute atomic E-state index is 5.95. The first-order valence-electron chi connectivity index (χ1n) is 6.61. The van der Waals surface area contributed by atoms with Crippen molar-refractivity contribution >= 4 is 11.6 Å². The highest BCUT2D eigenvalue weighted by molar-refractivity contribution is 6.18. The van der Waals surface area contributed by atoms with Gasteiger partial charge in [-0.05, 0) is 31.5 Å². The summed E-state index contributed by atoms with van der Waals surface area (Å²) < 4.78 is 11.2. The lowest BCUT2D eigenvalue weighted by molar-refractivity contribution is -0.129. The van der Waals surface area contributed by atoms with Gasteiger partial charge in [0.1, 0.15) is 5.75 Å². The second-order valence-corrected chi connectivity index (χ2v) is 5.98. The average molecular weight is 284 g/mol. The van der Waals surface area contributed by atoms with Crippen LogP contribution in [0.25, 0.3) is 0 Å². The number of rotatable bonds is 4. The van der Waals surface area contributed by atoms with Crippen LogP contribution in [-0.2, 0) is 11.3 Å². The largest absolute Gasteiger partial charge is 0.497 e. The molecule has 1 aromatic carbocycles. The molecule has 2 rings (SSSR count). The number of benzene rings is 1. The molecular weight excluding hydrogens is 262 g/mol. The lowest BCUT2D eigenvalue weighted by Gasteiger charge is -2.42. The molecule has 0 N–H and O–H groups in total. The number of halogens is 1. The molecule has 1 unspecified atom stereocenters. The van der Waals surface area contributed by atoms with Gasteiger partial charge in [0, 0.05) is 25.5 Å². The third-order valence-electron chi connectivity index (χ3n) is 3.26. The van der Waals surface area contributed by atoms with Crippen LogP contribution >= 0.6 is 11.6 Å². The van der Waals surface area contributed by atoms with Crippen molar-refractivity contribution in [2.24, 2.45) is 0 Å². The van der Waals surface area contributed by atoms with Crippen LogP contribution in [0.4, 0.5) is 0 Å². The fourth-order valence-corrected chi connectivity index (χ4v) is 2.81. The van der Waals surface area contributed by atoms with Crippen LogP contribution < -0.4 is 4.74 Å². The summed E-state index contributed by atoms with van der Waals surface area (Å²) in [7, 11) is 1.69. The van der Waals surface area contributed by atoms with Crippen molar-refractivity contribution in [3.63, 3.8) is 0 Å². The summed E-state index contributed by atoms with van der Waals surface area (Å²) in [5.41, 5.74) is 1.11. The minimum Gasteiger partial charge on any atom is -0.497 e. The Hall–Kier alpha value is -0.770. The fourth-order valence-electron chi connectivity index (χ4n) is 2.65. The highest BCUT2D eigenvalue weighted by Crippen LogP contribution is 2.24. The van der Waals surface area contributed by atoms with Gasteiger partial charge in [-0.25, -0.2) is 0 Å². The standard InChI is InChI=1S/C15H22ClNO2/c1-15(2)11-17(10-14(8-16)19-15)9-12-5-4-6-13(7-12)18-3/h4-7,14H,8-11H2,1-3H3. The van der Waals surface area contributed by atoms with E-state index in [9.17, 15) is 0 Å². The van der Waals surface area contributed by atoms with E-state index in [1.165, 1.54) is 5.56 Å². The topological polar surface area (TPSA) is 21.7 Å². The molecule has 1 aliphatic rings. The molecule has 0 aromatic heterocycles. The number of hydrogen-bond acceptors (Lipinski definition) is 3. The van der Waals surface area contributed by atoms with Crippen molar-refractivity contribution in [2.75, 3.05) is 26.1 Å². The summed E-state index contributed by atoms with van der Waals surface area (Å²) in [6.07, 6.45) is 0.107. The van der Waals surface area contributed by atoms with Crippen LogP contribution in [0.15, 0.2) is 24.3 Å². The number of methoxy groups -OCH3 is 1. The number of morpholine rings is 1.